The van der Waals surface area contributed by atoms with Gasteiger partial charge >= 0.3 is 0 Å². The smallest absolute Gasteiger partial charge is 0.0346 e. The van der Waals surface area contributed by atoms with Gasteiger partial charge in [0.25, 0.3) is 0 Å². The van der Waals surface area contributed by atoms with Crippen LogP contribution >= 0.6 is 0 Å². The molecule has 0 radical (unpaired) electrons. The fraction of sp³-hybridized carbons (Fsp3) is 0.556. The van der Waals surface area contributed by atoms with E-state index in [4.69, 9.17) is 0 Å². The zero-order chi connectivity index (χ0) is 7.11. The molecule has 0 heteroatoms. The molecule has 0 spiro atoms. The molecule has 0 N–H and O–H groups in total. The molecule has 0 heterocycles. The molecule has 0 aromatic rings. The van der Waals surface area contributed by atoms with Crippen LogP contribution in [0.15, 0.2) is 23.8 Å². The van der Waals surface area contributed by atoms with E-state index >= 15 is 0 Å². The molecular weight excluding hydrogens is 108 g/mol. The van der Waals surface area contributed by atoms with Gasteiger partial charge in [0.15, 0.2) is 0 Å². The standard InChI is InChI=1S/C9H16/c1-4-7-8-9(5-2)6-3/h4,7-8H,5-6H2,1-3H3/b7-4-. The van der Waals surface area contributed by atoms with Crippen molar-refractivity contribution >= 4 is 0 Å². The van der Waals surface area contributed by atoms with Gasteiger partial charge in [0.1, 0.15) is 0 Å². The summed E-state index contributed by atoms with van der Waals surface area (Å²) in [6, 6.07) is 0. The Morgan fingerprint density at radius 2 is 1.78 bits per heavy atom. The van der Waals surface area contributed by atoms with Crippen LogP contribution in [0.5, 0.6) is 0 Å². The van der Waals surface area contributed by atoms with Crippen LogP contribution in [0.2, 0.25) is 0 Å². The molecule has 0 aliphatic heterocycles. The molecule has 0 unspecified atom stereocenters. The van der Waals surface area contributed by atoms with Crippen molar-refractivity contribution in [1.29, 1.82) is 0 Å². The molecular formula is C9H16. The van der Waals surface area contributed by atoms with E-state index in [2.05, 4.69) is 32.1 Å². The number of allylic oxidation sites excluding steroid dienone is 4. The summed E-state index contributed by atoms with van der Waals surface area (Å²) in [5.74, 6) is 0. The SMILES string of the molecule is C/C=C\C=C(CC)CC. The number of hydrogen-bond acceptors (Lipinski definition) is 0. The quantitative estimate of drug-likeness (QED) is 0.506. The van der Waals surface area contributed by atoms with Crippen LogP contribution in [0.3, 0.4) is 0 Å². The Labute approximate surface area is 58.3 Å². The highest BCUT2D eigenvalue weighted by atomic mass is 13.9. The summed E-state index contributed by atoms with van der Waals surface area (Å²) in [6.07, 6.45) is 8.72. The molecule has 0 aromatic carbocycles. The molecule has 0 bridgehead atoms. The predicted octanol–water partition coefficient (Wildman–Crippen LogP) is 3.31. The molecule has 0 aliphatic carbocycles. The molecule has 0 fully saturated rings. The molecule has 0 saturated carbocycles. The lowest BCUT2D eigenvalue weighted by molar-refractivity contribution is 0.978. The van der Waals surface area contributed by atoms with Crippen molar-refractivity contribution in [3.05, 3.63) is 23.8 Å². The normalized spacial score (nSPS) is 10.1. The molecule has 9 heavy (non-hydrogen) atoms. The lowest BCUT2D eigenvalue weighted by Crippen LogP contribution is -1.73. The van der Waals surface area contributed by atoms with E-state index in [1.54, 1.807) is 0 Å². The van der Waals surface area contributed by atoms with Crippen LogP contribution < -0.4 is 0 Å². The van der Waals surface area contributed by atoms with Crippen molar-refractivity contribution in [3.8, 4) is 0 Å². The molecule has 0 aromatic heterocycles. The molecule has 0 saturated heterocycles. The Morgan fingerprint density at radius 1 is 1.22 bits per heavy atom. The fourth-order valence-electron chi connectivity index (χ4n) is 0.718. The van der Waals surface area contributed by atoms with Gasteiger partial charge in [0.2, 0.25) is 0 Å². The first-order valence-electron chi connectivity index (χ1n) is 3.65. The molecule has 0 rings (SSSR count). The summed E-state index contributed by atoms with van der Waals surface area (Å²) in [6.45, 7) is 6.43. The average molecular weight is 124 g/mol. The Hall–Kier alpha value is -0.520. The highest BCUT2D eigenvalue weighted by molar-refractivity contribution is 5.10. The maximum atomic E-state index is 2.19. The van der Waals surface area contributed by atoms with Gasteiger partial charge in [-0.05, 0) is 19.8 Å². The van der Waals surface area contributed by atoms with Crippen molar-refractivity contribution in [2.75, 3.05) is 0 Å². The van der Waals surface area contributed by atoms with Gasteiger partial charge < -0.3 is 0 Å². The Balaban J connectivity index is 3.75. The Bertz CT molecular complexity index is 101. The van der Waals surface area contributed by atoms with Gasteiger partial charge in [-0.2, -0.15) is 0 Å². The monoisotopic (exact) mass is 124 g/mol. The van der Waals surface area contributed by atoms with E-state index in [1.165, 1.54) is 18.4 Å². The lowest BCUT2D eigenvalue weighted by Gasteiger charge is -1.94. The Morgan fingerprint density at radius 3 is 2.11 bits per heavy atom. The zero-order valence-electron chi connectivity index (χ0n) is 6.65. The minimum Gasteiger partial charge on any atom is -0.0877 e. The van der Waals surface area contributed by atoms with E-state index in [9.17, 15) is 0 Å². The van der Waals surface area contributed by atoms with E-state index in [1.807, 2.05) is 6.92 Å². The fourth-order valence-corrected chi connectivity index (χ4v) is 0.718. The van der Waals surface area contributed by atoms with Gasteiger partial charge in [0.05, 0.1) is 0 Å². The minimum atomic E-state index is 1.18. The van der Waals surface area contributed by atoms with Crippen molar-refractivity contribution in [1.82, 2.24) is 0 Å². The van der Waals surface area contributed by atoms with E-state index in [-0.39, 0.29) is 0 Å². The number of hydrogen-bond donors (Lipinski definition) is 0. The molecule has 0 amide bonds. The highest BCUT2D eigenvalue weighted by Crippen LogP contribution is 2.04. The summed E-state index contributed by atoms with van der Waals surface area (Å²) in [4.78, 5) is 0. The molecule has 0 aliphatic rings. The summed E-state index contributed by atoms with van der Waals surface area (Å²) in [5.41, 5.74) is 1.52. The van der Waals surface area contributed by atoms with Crippen LogP contribution in [0, 0.1) is 0 Å². The second kappa shape index (κ2) is 5.61. The van der Waals surface area contributed by atoms with Crippen LogP contribution in [-0.2, 0) is 0 Å². The van der Waals surface area contributed by atoms with Crippen LogP contribution in [0.1, 0.15) is 33.6 Å². The van der Waals surface area contributed by atoms with Crippen LogP contribution in [0.25, 0.3) is 0 Å². The highest BCUT2D eigenvalue weighted by Gasteiger charge is 1.83. The van der Waals surface area contributed by atoms with Gasteiger partial charge in [-0.15, -0.1) is 0 Å². The van der Waals surface area contributed by atoms with Crippen molar-refractivity contribution in [3.63, 3.8) is 0 Å². The van der Waals surface area contributed by atoms with E-state index < -0.39 is 0 Å². The minimum absolute atomic E-state index is 1.18. The third kappa shape index (κ3) is 4.01. The summed E-state index contributed by atoms with van der Waals surface area (Å²) in [5, 5.41) is 0. The summed E-state index contributed by atoms with van der Waals surface area (Å²) < 4.78 is 0. The predicted molar refractivity (Wildman–Crippen MR) is 43.5 cm³/mol. The third-order valence-corrected chi connectivity index (χ3v) is 1.43. The molecule has 0 nitrogen and oxygen atoms in total. The van der Waals surface area contributed by atoms with Crippen LogP contribution in [-0.4, -0.2) is 0 Å². The first-order chi connectivity index (χ1) is 4.35. The second-order valence-corrected chi connectivity index (χ2v) is 2.06. The van der Waals surface area contributed by atoms with Crippen molar-refractivity contribution < 1.29 is 0 Å². The maximum Gasteiger partial charge on any atom is -0.0346 e. The van der Waals surface area contributed by atoms with Crippen molar-refractivity contribution in [2.24, 2.45) is 0 Å². The van der Waals surface area contributed by atoms with E-state index in [0.717, 1.165) is 0 Å². The van der Waals surface area contributed by atoms with Gasteiger partial charge in [0, 0.05) is 0 Å². The average Bonchev–Trinajstić information content (AvgIpc) is 1.91. The largest absolute Gasteiger partial charge is 0.0877 e. The first kappa shape index (κ1) is 8.48. The molecule has 0 atom stereocenters. The topological polar surface area (TPSA) is 0 Å². The first-order valence-corrected chi connectivity index (χ1v) is 3.65. The zero-order valence-corrected chi connectivity index (χ0v) is 6.65. The Kier molecular flexibility index (Phi) is 5.29. The van der Waals surface area contributed by atoms with Crippen LogP contribution in [0.4, 0.5) is 0 Å². The van der Waals surface area contributed by atoms with Gasteiger partial charge in [-0.3, -0.25) is 0 Å². The second-order valence-electron chi connectivity index (χ2n) is 2.06. The lowest BCUT2D eigenvalue weighted by atomic mass is 10.1. The third-order valence-electron chi connectivity index (χ3n) is 1.43. The summed E-state index contributed by atoms with van der Waals surface area (Å²) in [7, 11) is 0. The van der Waals surface area contributed by atoms with E-state index in [0.29, 0.717) is 0 Å². The van der Waals surface area contributed by atoms with Gasteiger partial charge in [-0.25, -0.2) is 0 Å². The van der Waals surface area contributed by atoms with Gasteiger partial charge in [-0.1, -0.05) is 37.6 Å². The summed E-state index contributed by atoms with van der Waals surface area (Å²) >= 11 is 0. The maximum absolute atomic E-state index is 2.19. The molecule has 52 valence electrons. The number of rotatable bonds is 3. The van der Waals surface area contributed by atoms with Crippen molar-refractivity contribution in [2.45, 2.75) is 33.6 Å².